The summed E-state index contributed by atoms with van der Waals surface area (Å²) in [4.78, 5) is 41.1. The lowest BCUT2D eigenvalue weighted by molar-refractivity contribution is -0.129. The third-order valence-corrected chi connectivity index (χ3v) is 6.64. The highest BCUT2D eigenvalue weighted by atomic mass is 32.1. The molecule has 0 saturated heterocycles. The second-order valence-corrected chi connectivity index (χ2v) is 8.12. The van der Waals surface area contributed by atoms with Crippen LogP contribution in [0.1, 0.15) is 48.6 Å². The minimum atomic E-state index is -0.980. The van der Waals surface area contributed by atoms with E-state index in [1.807, 2.05) is 39.1 Å². The van der Waals surface area contributed by atoms with Crippen molar-refractivity contribution in [2.24, 2.45) is 0 Å². The Morgan fingerprint density at radius 3 is 2.68 bits per heavy atom. The summed E-state index contributed by atoms with van der Waals surface area (Å²) in [5.74, 6) is 0.00947. The summed E-state index contributed by atoms with van der Waals surface area (Å²) in [6, 6.07) is 5.29. The fourth-order valence-corrected chi connectivity index (χ4v) is 4.67. The van der Waals surface area contributed by atoms with Gasteiger partial charge in [-0.1, -0.05) is 0 Å². The highest BCUT2D eigenvalue weighted by Crippen LogP contribution is 2.45. The van der Waals surface area contributed by atoms with E-state index in [0.29, 0.717) is 30.0 Å². The highest BCUT2D eigenvalue weighted by molar-refractivity contribution is 7.11. The molecule has 0 aliphatic carbocycles. The third kappa shape index (κ3) is 3.12. The summed E-state index contributed by atoms with van der Waals surface area (Å²) in [5.41, 5.74) is 3.10. The van der Waals surface area contributed by atoms with E-state index < -0.39 is 6.09 Å². The lowest BCUT2D eigenvalue weighted by Crippen LogP contribution is -2.60. The molecule has 8 heteroatoms. The van der Waals surface area contributed by atoms with Crippen LogP contribution in [0.3, 0.4) is 0 Å². The number of hydrogen-bond donors (Lipinski definition) is 1. The van der Waals surface area contributed by atoms with Crippen molar-refractivity contribution in [1.82, 2.24) is 14.4 Å². The molecule has 1 aromatic heterocycles. The summed E-state index contributed by atoms with van der Waals surface area (Å²) in [6.45, 7) is 5.72. The van der Waals surface area contributed by atoms with Crippen LogP contribution in [0.15, 0.2) is 23.6 Å². The first kappa shape index (κ1) is 20.2. The molecule has 0 saturated carbocycles. The lowest BCUT2D eigenvalue weighted by atomic mass is 9.87. The first-order valence-corrected chi connectivity index (χ1v) is 10.0. The predicted octanol–water partition coefficient (Wildman–Crippen LogP) is 3.94. The molecule has 2 aromatic rings. The number of rotatable bonds is 4. The van der Waals surface area contributed by atoms with Gasteiger partial charge in [0, 0.05) is 35.5 Å². The van der Waals surface area contributed by atoms with Gasteiger partial charge in [0.05, 0.1) is 31.7 Å². The largest absolute Gasteiger partial charge is 0.465 e. The highest BCUT2D eigenvalue weighted by Gasteiger charge is 2.47. The summed E-state index contributed by atoms with van der Waals surface area (Å²) < 4.78 is 0.125. The molecule has 7 nitrogen and oxygen atoms in total. The smallest absolute Gasteiger partial charge is 0.407 e. The summed E-state index contributed by atoms with van der Waals surface area (Å²) in [7, 11) is 1.88. The Balaban J connectivity index is 2.21. The molecular weight excluding hydrogens is 378 g/mol. The van der Waals surface area contributed by atoms with Crippen molar-refractivity contribution in [3.63, 3.8) is 0 Å². The third-order valence-electron chi connectivity index (χ3n) is 5.87. The molecule has 0 spiro atoms. The number of carboxylic acid groups (broad SMARTS) is 1. The number of carbonyl (C=O) groups is 3. The van der Waals surface area contributed by atoms with Crippen molar-refractivity contribution in [3.05, 3.63) is 34.2 Å². The quantitative estimate of drug-likeness (QED) is 0.618. The molecule has 0 radical (unpaired) electrons. The fraction of sp³-hybridized carbons (Fsp3) is 0.400. The van der Waals surface area contributed by atoms with Crippen molar-refractivity contribution in [2.45, 2.75) is 39.3 Å². The zero-order valence-electron chi connectivity index (χ0n) is 16.4. The van der Waals surface area contributed by atoms with Crippen molar-refractivity contribution in [1.29, 1.82) is 0 Å². The first-order chi connectivity index (χ1) is 13.2. The Bertz CT molecular complexity index is 941. The number of amides is 2. The maximum absolute atomic E-state index is 12.6. The number of thiazole rings is 1. The number of nitrogens with zero attached hydrogens (tertiary/aromatic N) is 3. The van der Waals surface area contributed by atoms with Crippen LogP contribution in [0.25, 0.3) is 11.3 Å². The molecule has 3 rings (SSSR count). The number of fused-ring (bicyclic) bond motifs is 1. The molecule has 1 aromatic carbocycles. The second-order valence-electron chi connectivity index (χ2n) is 7.23. The van der Waals surface area contributed by atoms with Crippen molar-refractivity contribution >= 4 is 35.3 Å². The van der Waals surface area contributed by atoms with Gasteiger partial charge in [-0.15, -0.1) is 11.3 Å². The molecule has 3 atom stereocenters. The van der Waals surface area contributed by atoms with Crippen LogP contribution in [-0.4, -0.2) is 52.9 Å². The topological polar surface area (TPSA) is 87.6 Å². The number of aldehydes is 1. The fourth-order valence-electron chi connectivity index (χ4n) is 4.04. The van der Waals surface area contributed by atoms with E-state index in [9.17, 15) is 19.5 Å². The van der Waals surface area contributed by atoms with Gasteiger partial charge in [0.15, 0.2) is 11.3 Å². The SMILES string of the molecule is CCN(C(=O)O)C1C[C@H](C)[N@+](C)(C(C)=O)c2ccc(-c3csc(C=O)n3)cc21. The molecule has 0 bridgehead atoms. The Morgan fingerprint density at radius 1 is 1.43 bits per heavy atom. The lowest BCUT2D eigenvalue weighted by Gasteiger charge is -2.45. The van der Waals surface area contributed by atoms with Gasteiger partial charge in [0.25, 0.3) is 0 Å². The van der Waals surface area contributed by atoms with E-state index in [0.717, 1.165) is 16.8 Å². The molecule has 28 heavy (non-hydrogen) atoms. The molecular formula is C20H24N3O4S+. The molecule has 0 fully saturated rings. The Morgan fingerprint density at radius 2 is 2.14 bits per heavy atom. The average Bonchev–Trinajstić information content (AvgIpc) is 3.14. The van der Waals surface area contributed by atoms with Crippen LogP contribution in [0.4, 0.5) is 10.5 Å². The van der Waals surface area contributed by atoms with Gasteiger partial charge in [0.1, 0.15) is 5.69 Å². The van der Waals surface area contributed by atoms with Gasteiger partial charge < -0.3 is 10.0 Å². The van der Waals surface area contributed by atoms with E-state index in [1.165, 1.54) is 16.2 Å². The van der Waals surface area contributed by atoms with Crippen molar-refractivity contribution in [3.8, 4) is 11.3 Å². The standard InChI is InChI=1S/C20H23N3O4S/c1-5-22(20(26)27)17-8-12(2)23(4,13(3)25)18-7-6-14(9-15(17)18)16-11-28-19(10-24)21-16/h6-7,9-12,17H,5,8H2,1-4H3/p+1/t12-,17?,23+/m0/s1. The average molecular weight is 402 g/mol. The van der Waals surface area contributed by atoms with Gasteiger partial charge in [-0.3, -0.25) is 4.79 Å². The summed E-state index contributed by atoms with van der Waals surface area (Å²) in [5, 5.41) is 11.9. The predicted molar refractivity (Wildman–Crippen MR) is 109 cm³/mol. The number of hydrogen-bond acceptors (Lipinski definition) is 5. The van der Waals surface area contributed by atoms with Crippen LogP contribution < -0.4 is 4.48 Å². The Hall–Kier alpha value is -2.58. The van der Waals surface area contributed by atoms with Crippen molar-refractivity contribution in [2.75, 3.05) is 13.6 Å². The first-order valence-electron chi connectivity index (χ1n) is 9.16. The minimum Gasteiger partial charge on any atom is -0.465 e. The molecule has 1 unspecified atom stereocenters. The maximum atomic E-state index is 12.6. The minimum absolute atomic E-state index is 0.00947. The Kier molecular flexibility index (Phi) is 5.36. The molecule has 2 heterocycles. The van der Waals surface area contributed by atoms with Crippen LogP contribution in [0.2, 0.25) is 0 Å². The molecule has 148 valence electrons. The maximum Gasteiger partial charge on any atom is 0.407 e. The second kappa shape index (κ2) is 7.44. The van der Waals surface area contributed by atoms with Gasteiger partial charge in [-0.25, -0.2) is 19.1 Å². The van der Waals surface area contributed by atoms with Gasteiger partial charge in [0.2, 0.25) is 0 Å². The van der Waals surface area contributed by atoms with Crippen LogP contribution in [0.5, 0.6) is 0 Å². The van der Waals surface area contributed by atoms with E-state index in [4.69, 9.17) is 0 Å². The van der Waals surface area contributed by atoms with Crippen LogP contribution in [-0.2, 0) is 4.79 Å². The normalized spacial score (nSPS) is 23.7. The number of benzene rings is 1. The van der Waals surface area contributed by atoms with Crippen LogP contribution in [0, 0.1) is 0 Å². The summed E-state index contributed by atoms with van der Waals surface area (Å²) in [6.07, 6.45) is 0.278. The zero-order chi connectivity index (χ0) is 20.6. The van der Waals surface area contributed by atoms with Crippen molar-refractivity contribution < 1.29 is 19.5 Å². The van der Waals surface area contributed by atoms with E-state index >= 15 is 0 Å². The molecule has 2 amide bonds. The number of carbonyl (C=O) groups excluding carboxylic acids is 2. The number of quaternary nitrogens is 1. The molecule has 1 N–H and O–H groups in total. The monoisotopic (exact) mass is 402 g/mol. The van der Waals surface area contributed by atoms with Crippen LogP contribution >= 0.6 is 11.3 Å². The van der Waals surface area contributed by atoms with E-state index in [2.05, 4.69) is 4.98 Å². The van der Waals surface area contributed by atoms with E-state index in [1.54, 1.807) is 12.3 Å². The summed E-state index contributed by atoms with van der Waals surface area (Å²) >= 11 is 1.26. The van der Waals surface area contributed by atoms with Gasteiger partial charge in [-0.2, -0.15) is 0 Å². The number of aromatic nitrogens is 1. The van der Waals surface area contributed by atoms with Gasteiger partial charge >= 0.3 is 12.0 Å². The van der Waals surface area contributed by atoms with E-state index in [-0.39, 0.29) is 22.5 Å². The van der Waals surface area contributed by atoms with Gasteiger partial charge in [-0.05, 0) is 26.0 Å². The molecule has 1 aliphatic rings. The molecule has 1 aliphatic heterocycles. The Labute approximate surface area is 167 Å². The zero-order valence-corrected chi connectivity index (χ0v) is 17.2.